The van der Waals surface area contributed by atoms with Crippen molar-refractivity contribution in [3.8, 4) is 0 Å². The van der Waals surface area contributed by atoms with Gasteiger partial charge in [0, 0.05) is 12.3 Å². The highest BCUT2D eigenvalue weighted by atomic mass is 16.5. The largest absolute Gasteiger partial charge is 0.462 e. The van der Waals surface area contributed by atoms with Crippen LogP contribution in [-0.4, -0.2) is 12.1 Å². The van der Waals surface area contributed by atoms with Gasteiger partial charge in [0.05, 0.1) is 0 Å². The molecule has 5 aliphatic rings. The number of allylic oxidation sites excluding steroid dienone is 2. The SMILES string of the molecule is CC(=O)OC1CCC2(C)C(CCC3(C)C2CCC2C4(C)CCC(C(C)C)=C4CCC23C)C1(C)C. The minimum absolute atomic E-state index is 0.0593. The predicted molar refractivity (Wildman–Crippen MR) is 140 cm³/mol. The molecule has 2 heteroatoms. The Kier molecular flexibility index (Phi) is 5.57. The van der Waals surface area contributed by atoms with Crippen LogP contribution in [0.15, 0.2) is 11.1 Å². The first-order chi connectivity index (χ1) is 15.7. The third-order valence-corrected chi connectivity index (χ3v) is 13.5. The molecule has 0 aliphatic heterocycles. The van der Waals surface area contributed by atoms with Crippen LogP contribution >= 0.6 is 0 Å². The van der Waals surface area contributed by atoms with Crippen LogP contribution in [0.5, 0.6) is 0 Å². The van der Waals surface area contributed by atoms with Gasteiger partial charge in [-0.2, -0.15) is 0 Å². The van der Waals surface area contributed by atoms with Gasteiger partial charge >= 0.3 is 5.97 Å². The Balaban J connectivity index is 1.50. The van der Waals surface area contributed by atoms with Gasteiger partial charge in [0.1, 0.15) is 6.10 Å². The topological polar surface area (TPSA) is 26.3 Å². The van der Waals surface area contributed by atoms with Crippen molar-refractivity contribution in [2.45, 2.75) is 133 Å². The van der Waals surface area contributed by atoms with Crippen LogP contribution in [-0.2, 0) is 9.53 Å². The van der Waals surface area contributed by atoms with Crippen LogP contribution in [0.1, 0.15) is 127 Å². The van der Waals surface area contributed by atoms with Gasteiger partial charge in [0.25, 0.3) is 0 Å². The quantitative estimate of drug-likeness (QED) is 0.299. The van der Waals surface area contributed by atoms with Gasteiger partial charge in [0.2, 0.25) is 0 Å². The maximum atomic E-state index is 11.9. The molecule has 0 bridgehead atoms. The van der Waals surface area contributed by atoms with Crippen LogP contribution in [0.3, 0.4) is 0 Å². The molecule has 5 aliphatic carbocycles. The number of fused-ring (bicyclic) bond motifs is 7. The summed E-state index contributed by atoms with van der Waals surface area (Å²) in [5, 5.41) is 0. The van der Waals surface area contributed by atoms with Crippen molar-refractivity contribution in [2.75, 3.05) is 0 Å². The van der Waals surface area contributed by atoms with E-state index in [1.807, 2.05) is 11.1 Å². The minimum atomic E-state index is -0.105. The molecule has 0 N–H and O–H groups in total. The van der Waals surface area contributed by atoms with Gasteiger partial charge in [-0.3, -0.25) is 4.79 Å². The first-order valence-corrected chi connectivity index (χ1v) is 14.6. The second-order valence-electron chi connectivity index (χ2n) is 15.1. The summed E-state index contributed by atoms with van der Waals surface area (Å²) in [6.45, 7) is 22.0. The summed E-state index contributed by atoms with van der Waals surface area (Å²) in [5.41, 5.74) is 5.41. The van der Waals surface area contributed by atoms with Crippen molar-refractivity contribution in [3.63, 3.8) is 0 Å². The van der Waals surface area contributed by atoms with Crippen LogP contribution in [0.2, 0.25) is 0 Å². The molecule has 0 spiro atoms. The molecule has 0 amide bonds. The minimum Gasteiger partial charge on any atom is -0.462 e. The molecule has 5 rings (SSSR count). The number of esters is 1. The van der Waals surface area contributed by atoms with Gasteiger partial charge in [-0.25, -0.2) is 0 Å². The highest BCUT2D eigenvalue weighted by Crippen LogP contribution is 2.77. The summed E-state index contributed by atoms with van der Waals surface area (Å²) < 4.78 is 5.91. The monoisotopic (exact) mass is 468 g/mol. The van der Waals surface area contributed by atoms with E-state index < -0.39 is 0 Å². The molecule has 0 aromatic heterocycles. The summed E-state index contributed by atoms with van der Waals surface area (Å²) in [7, 11) is 0. The lowest BCUT2D eigenvalue weighted by Crippen LogP contribution is -2.66. The number of hydrogen-bond donors (Lipinski definition) is 0. The number of carbonyl (C=O) groups excluding carboxylic acids is 1. The first kappa shape index (κ1) is 24.9. The van der Waals surface area contributed by atoms with E-state index in [0.717, 1.165) is 24.2 Å². The van der Waals surface area contributed by atoms with Gasteiger partial charge in [-0.15, -0.1) is 0 Å². The normalized spacial score (nSPS) is 49.7. The molecule has 0 heterocycles. The molecular formula is C32H52O2. The van der Waals surface area contributed by atoms with Gasteiger partial charge in [0.15, 0.2) is 0 Å². The fourth-order valence-electron chi connectivity index (χ4n) is 11.7. The van der Waals surface area contributed by atoms with Crippen LogP contribution in [0.4, 0.5) is 0 Å². The van der Waals surface area contributed by atoms with E-state index in [4.69, 9.17) is 4.74 Å². The summed E-state index contributed by atoms with van der Waals surface area (Å²) in [5.74, 6) is 2.89. The molecule has 2 nitrogen and oxygen atoms in total. The van der Waals surface area contributed by atoms with E-state index in [0.29, 0.717) is 27.6 Å². The standard InChI is InChI=1S/C32H52O2/c1-20(2)22-12-16-29(6)23(22)13-18-31(8)25(29)10-11-26-30(7)17-15-27(34-21(3)33)28(4,5)24(30)14-19-32(26,31)9/h20,24-27H,10-19H2,1-9H3. The highest BCUT2D eigenvalue weighted by Gasteiger charge is 2.70. The van der Waals surface area contributed by atoms with E-state index in [1.54, 1.807) is 6.92 Å². The zero-order valence-electron chi connectivity index (χ0n) is 23.8. The second-order valence-corrected chi connectivity index (χ2v) is 15.1. The van der Waals surface area contributed by atoms with Crippen LogP contribution in [0.25, 0.3) is 0 Å². The lowest BCUT2D eigenvalue weighted by molar-refractivity contribution is -0.242. The molecule has 4 saturated carbocycles. The summed E-state index contributed by atoms with van der Waals surface area (Å²) in [6, 6.07) is 0. The van der Waals surface area contributed by atoms with Crippen molar-refractivity contribution >= 4 is 5.97 Å². The second kappa shape index (κ2) is 7.61. The zero-order valence-corrected chi connectivity index (χ0v) is 23.8. The molecule has 8 atom stereocenters. The fourth-order valence-corrected chi connectivity index (χ4v) is 11.7. The van der Waals surface area contributed by atoms with E-state index >= 15 is 0 Å². The fraction of sp³-hybridized carbons (Fsp3) is 0.906. The lowest BCUT2D eigenvalue weighted by Gasteiger charge is -2.73. The highest BCUT2D eigenvalue weighted by molar-refractivity contribution is 5.66. The summed E-state index contributed by atoms with van der Waals surface area (Å²) in [4.78, 5) is 11.9. The van der Waals surface area contributed by atoms with Crippen molar-refractivity contribution < 1.29 is 9.53 Å². The Labute approximate surface area is 210 Å². The van der Waals surface area contributed by atoms with Gasteiger partial charge < -0.3 is 4.74 Å². The third kappa shape index (κ3) is 3.01. The molecular weight excluding hydrogens is 416 g/mol. The first-order valence-electron chi connectivity index (χ1n) is 14.6. The Morgan fingerprint density at radius 1 is 0.794 bits per heavy atom. The number of rotatable bonds is 2. The molecule has 0 aromatic carbocycles. The predicted octanol–water partition coefficient (Wildman–Crippen LogP) is 8.74. The van der Waals surface area contributed by atoms with E-state index in [2.05, 4.69) is 55.4 Å². The van der Waals surface area contributed by atoms with Crippen LogP contribution in [0, 0.1) is 50.7 Å². The third-order valence-electron chi connectivity index (χ3n) is 13.5. The van der Waals surface area contributed by atoms with Gasteiger partial charge in [-0.1, -0.05) is 66.5 Å². The Morgan fingerprint density at radius 2 is 1.44 bits per heavy atom. The Bertz CT molecular complexity index is 897. The van der Waals surface area contributed by atoms with E-state index in [1.165, 1.54) is 57.8 Å². The van der Waals surface area contributed by atoms with Crippen molar-refractivity contribution in [1.29, 1.82) is 0 Å². The molecule has 0 aromatic rings. The van der Waals surface area contributed by atoms with Crippen LogP contribution < -0.4 is 0 Å². The average molecular weight is 469 g/mol. The molecule has 4 fully saturated rings. The molecule has 8 unspecified atom stereocenters. The Morgan fingerprint density at radius 3 is 2.09 bits per heavy atom. The number of ether oxygens (including phenoxy) is 1. The summed E-state index contributed by atoms with van der Waals surface area (Å²) >= 11 is 0. The lowest BCUT2D eigenvalue weighted by atomic mass is 9.32. The van der Waals surface area contributed by atoms with Crippen molar-refractivity contribution in [3.05, 3.63) is 11.1 Å². The molecule has 192 valence electrons. The zero-order chi connectivity index (χ0) is 24.9. The molecule has 0 radical (unpaired) electrons. The van der Waals surface area contributed by atoms with Gasteiger partial charge in [-0.05, 0) is 110 Å². The molecule has 34 heavy (non-hydrogen) atoms. The number of carbonyl (C=O) groups is 1. The maximum absolute atomic E-state index is 11.9. The Hall–Kier alpha value is -0.790. The smallest absolute Gasteiger partial charge is 0.302 e. The number of hydrogen-bond acceptors (Lipinski definition) is 2. The van der Waals surface area contributed by atoms with E-state index in [-0.39, 0.29) is 17.5 Å². The maximum Gasteiger partial charge on any atom is 0.302 e. The summed E-state index contributed by atoms with van der Waals surface area (Å²) in [6.07, 6.45) is 13.3. The average Bonchev–Trinajstić information content (AvgIpc) is 3.08. The van der Waals surface area contributed by atoms with E-state index in [9.17, 15) is 4.79 Å². The van der Waals surface area contributed by atoms with Crippen molar-refractivity contribution in [1.82, 2.24) is 0 Å². The van der Waals surface area contributed by atoms with Crippen molar-refractivity contribution in [2.24, 2.45) is 50.7 Å². The molecule has 0 saturated heterocycles.